The molecule has 0 amide bonds. The van der Waals surface area contributed by atoms with Crippen LogP contribution in [-0.4, -0.2) is 455 Å². The number of halogens is 1. The van der Waals surface area contributed by atoms with Gasteiger partial charge in [-0.1, -0.05) is 15.9 Å². The molecule has 0 aliphatic carbocycles. The second-order valence-electron chi connectivity index (χ2n) is 29.5. The molecule has 16 bridgehead atoms. The molecule has 30 rings (SSSR count). The average Bonchev–Trinajstić information content (AvgIpc) is 0.768. The molecule has 0 aromatic heterocycles. The number of ether oxygens (including phenoxy) is 16. The predicted octanol–water partition coefficient (Wildman–Crippen LogP) is -37.8. The van der Waals surface area contributed by atoms with E-state index in [0.717, 1.165) is 82.3 Å². The molecule has 46 nitrogen and oxygen atoms in total. The number of carboxylic acids is 7. The van der Waals surface area contributed by atoms with Crippen LogP contribution in [0.5, 0.6) is 0 Å². The van der Waals surface area contributed by atoms with Gasteiger partial charge in [-0.2, -0.15) is 82.3 Å². The first-order valence-corrected chi connectivity index (χ1v) is 48.0. The second kappa shape index (κ2) is 64.9. The fraction of sp³-hybridized carbons (Fsp3) is 0.899. The summed E-state index contributed by atoms with van der Waals surface area (Å²) in [7, 11) is 0. The summed E-state index contributed by atoms with van der Waals surface area (Å²) in [6.45, 7) is 0. The summed E-state index contributed by atoms with van der Waals surface area (Å²) in [4.78, 5) is 81.4. The average molecular weight is 2130 g/mol. The molecule has 61 heteroatoms. The van der Waals surface area contributed by atoms with Gasteiger partial charge in [-0.3, -0.25) is 0 Å². The Labute approximate surface area is 937 Å². The van der Waals surface area contributed by atoms with Crippen molar-refractivity contribution >= 4 is 140 Å². The summed E-state index contributed by atoms with van der Waals surface area (Å²) >= 11 is 9.14. The maximum Gasteiger partial charge on any atom is 1.00 e. The number of aliphatic hydroxyl groups excluding tert-OH is 16. The molecule has 30 aliphatic rings. The van der Waals surface area contributed by atoms with Crippen molar-refractivity contribution in [2.75, 3.05) is 85.9 Å². The van der Waals surface area contributed by atoms with Crippen LogP contribution in [-0.2, 0) is 109 Å². The van der Waals surface area contributed by atoms with E-state index in [1.165, 1.54) is 0 Å². The van der Waals surface area contributed by atoms with Crippen molar-refractivity contribution in [2.45, 2.75) is 291 Å². The van der Waals surface area contributed by atoms with E-state index in [4.69, 9.17) is 75.8 Å². The standard InChI is InChI=1S/C69H107BrO46S7.7Na/c70-15-23-54-38(85)46(93)62(101-23)110-55-24(16-117-8-1-31(71)72)103-64(48(95)40(55)87)112-57-26(18-119-10-3-33(75)76)105-66(50(97)42(57)89)114-59-28(20-121-12-5-35(79)80)107-68(52(99)44(59)91)116-61-30(22-123-14-7-37(83)84)108-69(53(100)45(61)92)115-60-29(21-122-13-6-36(81)82)106-67(51(98)43(60)90)113-58-27(19-120-11-4-34(77)78)104-65(49(96)41(58)88)111-56-25(17-118-9-2-32(73)74)102-63(109-54)47(94)39(56)86;;;;;;;/h23-30,38-69,85-100H,1-22H2,(H,71,72)(H,73,74)(H,75,76)(H,77,78)(H,79,80)(H,81,82)(H,83,84);;;;;;;/q;7*+1/p-7/t23-,24-,25-,26-,27-,28-,29-,30-,38-,39-,40-,41-,42-,43-,44-,45-,46-,47-,48-,49-,50-,51-,52-,53-,54-,55-,56-,57-,58-,59-,60-,61-,62-,63-,64-,65-,66-,67-,68-,69-;;;;;;;/m1......./s1. The first-order chi connectivity index (χ1) is 58.4. The van der Waals surface area contributed by atoms with Gasteiger partial charge in [0.1, 0.15) is 146 Å². The van der Waals surface area contributed by atoms with Crippen LogP contribution in [0.3, 0.4) is 0 Å². The molecule has 40 atom stereocenters. The molecule has 30 heterocycles. The van der Waals surface area contributed by atoms with Gasteiger partial charge in [-0.25, -0.2) is 0 Å². The van der Waals surface area contributed by atoms with E-state index >= 15 is 0 Å². The van der Waals surface area contributed by atoms with Crippen molar-refractivity contribution < 1.29 is 434 Å². The minimum atomic E-state index is -2.35. The normalized spacial score (nSPS) is 40.4. The number of hydrogen-bond acceptors (Lipinski definition) is 53. The zero-order chi connectivity index (χ0) is 90.0. The van der Waals surface area contributed by atoms with E-state index in [2.05, 4.69) is 15.9 Å². The van der Waals surface area contributed by atoms with Crippen LogP contribution >= 0.6 is 98.3 Å². The van der Waals surface area contributed by atoms with Gasteiger partial charge in [0.15, 0.2) is 50.3 Å². The topological polar surface area (TPSA) is 752 Å². The number of carbonyl (C=O) groups is 7. The van der Waals surface area contributed by atoms with Crippen LogP contribution in [0.2, 0.25) is 0 Å². The SMILES string of the molecule is O=C([O-])CCSC[C@H]1O[C@@H]2O[C@H]3[C@H](O)[C@@H](O)[C@@H](O[C@H]4[C@H](O)[C@@H](O)[C@@H](O[C@H]5[C@H](O)[C@@H](O)[C@@H](O[C@H]6[C@H](O)[C@@H](O)[C@@H](O[C@H]7[C@H](O)[C@@H](O)[C@@H](O[C@H]8[C@H](O)[C@@H](O)[C@@H](O[C@H]9[C@H](O)[C@@H](O)[C@@H](O[C@H]1[C@H](O)[C@H]2O)O[C@@H]9CBr)O[C@@H]8CSCCC(=O)[O-])O[C@@H]7CSCCC(=O)[O-])O[C@@H]6CSCCC(=O)[O-])O[C@@H]5CSCCC(=O)[O-])O[C@@H]4CSCCC(=O)[O-])O[C@@H]3CSCCC(=O)[O-].[Na+].[Na+].[Na+].[Na+].[Na+].[Na+].[Na+]. The summed E-state index contributed by atoms with van der Waals surface area (Å²) in [5.74, 6) is -14.8. The molecule has 30 aliphatic heterocycles. The van der Waals surface area contributed by atoms with E-state index in [1.807, 2.05) is 0 Å². The third kappa shape index (κ3) is 37.6. The maximum atomic E-state index is 12.2. The number of carboxylic acid groups (broad SMARTS) is 7. The Kier molecular flexibility index (Phi) is 65.4. The zero-order valence-electron chi connectivity index (χ0n) is 71.8. The van der Waals surface area contributed by atoms with Crippen molar-refractivity contribution in [1.82, 2.24) is 0 Å². The summed E-state index contributed by atoms with van der Waals surface area (Å²) in [6, 6.07) is 0. The van der Waals surface area contributed by atoms with Crippen molar-refractivity contribution in [3.8, 4) is 0 Å². The predicted molar refractivity (Wildman–Crippen MR) is 407 cm³/mol. The summed E-state index contributed by atoms with van der Waals surface area (Å²) in [5, 5.41) is 275. The Balaban J connectivity index is 0.00000817. The molecule has 16 N–H and O–H groups in total. The Morgan fingerprint density at radius 3 is 0.408 bits per heavy atom. The number of aliphatic carboxylic acids is 7. The van der Waals surface area contributed by atoms with Gasteiger partial charge in [0.05, 0.1) is 48.8 Å². The number of carbonyl (C=O) groups excluding carboxylic acids is 7. The second-order valence-corrected chi connectivity index (χ2v) is 38.2. The first kappa shape index (κ1) is 131. The first-order valence-electron chi connectivity index (χ1n) is 38.7. The molecular weight excluding hydrogens is 2030 g/mol. The summed E-state index contributed by atoms with van der Waals surface area (Å²) in [6.07, 6.45) is -85.8. The Bertz CT molecular complexity index is 3210. The number of hydrogen-bond donors (Lipinski definition) is 16. The van der Waals surface area contributed by atoms with Gasteiger partial charge in [-0.05, 0) is 85.2 Å². The van der Waals surface area contributed by atoms with Crippen LogP contribution < -0.4 is 243 Å². The van der Waals surface area contributed by atoms with E-state index in [0.29, 0.717) is 0 Å². The van der Waals surface area contributed by atoms with Gasteiger partial charge < -0.3 is 227 Å². The smallest absolute Gasteiger partial charge is 0.550 e. The van der Waals surface area contributed by atoms with Gasteiger partial charge in [0.2, 0.25) is 0 Å². The summed E-state index contributed by atoms with van der Waals surface area (Å²) in [5.41, 5.74) is 0. The molecular formula is C69H100BrNa7O46S7. The van der Waals surface area contributed by atoms with Crippen LogP contribution in [0.25, 0.3) is 0 Å². The fourth-order valence-corrected chi connectivity index (χ4v) is 21.6. The van der Waals surface area contributed by atoms with Crippen LogP contribution in [0, 0.1) is 0 Å². The molecule has 0 radical (unpaired) electrons. The van der Waals surface area contributed by atoms with Gasteiger partial charge in [-0.15, -0.1) is 0 Å². The molecule has 30 fully saturated rings. The zero-order valence-corrected chi connectivity index (χ0v) is 93.1. The van der Waals surface area contributed by atoms with E-state index in [1.54, 1.807) is 0 Å². The Hall–Kier alpha value is 4.94. The van der Waals surface area contributed by atoms with Crippen molar-refractivity contribution in [2.24, 2.45) is 0 Å². The fourth-order valence-electron chi connectivity index (χ4n) is 14.3. The maximum absolute atomic E-state index is 12.2. The number of aliphatic hydroxyl groups is 16. The number of alkyl halides is 1. The van der Waals surface area contributed by atoms with Crippen LogP contribution in [0.4, 0.5) is 0 Å². The molecule has 30 saturated heterocycles. The van der Waals surface area contributed by atoms with Crippen LogP contribution in [0.15, 0.2) is 0 Å². The molecule has 0 aromatic carbocycles. The molecule has 0 aromatic rings. The largest absolute Gasteiger partial charge is 1.00 e. The quantitative estimate of drug-likeness (QED) is 0.0157. The minimum absolute atomic E-state index is 0. The van der Waals surface area contributed by atoms with E-state index in [-0.39, 0.29) is 264 Å². The molecule has 0 saturated carbocycles. The molecule has 0 unspecified atom stereocenters. The summed E-state index contributed by atoms with van der Waals surface area (Å²) < 4.78 is 99.2. The molecule has 0 spiro atoms. The third-order valence-electron chi connectivity index (χ3n) is 20.7. The molecule has 708 valence electrons. The van der Waals surface area contributed by atoms with Crippen molar-refractivity contribution in [1.29, 1.82) is 0 Å². The minimum Gasteiger partial charge on any atom is -0.550 e. The van der Waals surface area contributed by atoms with Crippen molar-refractivity contribution in [3.05, 3.63) is 0 Å². The number of rotatable bonds is 36. The Morgan fingerprint density at radius 1 is 0.192 bits per heavy atom. The van der Waals surface area contributed by atoms with Crippen LogP contribution in [0.1, 0.15) is 44.9 Å². The van der Waals surface area contributed by atoms with E-state index < -0.39 is 361 Å². The number of thioether (sulfide) groups is 7. The Morgan fingerprint density at radius 2 is 0.300 bits per heavy atom. The third-order valence-corrected chi connectivity index (χ3v) is 28.8. The van der Waals surface area contributed by atoms with Gasteiger partial charge in [0, 0.05) is 87.4 Å². The van der Waals surface area contributed by atoms with Crippen molar-refractivity contribution in [3.63, 3.8) is 0 Å². The van der Waals surface area contributed by atoms with Gasteiger partial charge >= 0.3 is 207 Å². The van der Waals surface area contributed by atoms with Gasteiger partial charge in [0.25, 0.3) is 0 Å². The molecule has 130 heavy (non-hydrogen) atoms. The van der Waals surface area contributed by atoms with E-state index in [9.17, 15) is 151 Å². The monoisotopic (exact) mass is 2130 g/mol.